The van der Waals surface area contributed by atoms with Gasteiger partial charge in [0.2, 0.25) is 5.91 Å². The second-order valence-electron chi connectivity index (χ2n) is 8.79. The van der Waals surface area contributed by atoms with Crippen molar-refractivity contribution < 1.29 is 19.2 Å². The summed E-state index contributed by atoms with van der Waals surface area (Å²) in [6.45, 7) is 1.98. The first-order chi connectivity index (χ1) is 16.5. The largest absolute Gasteiger partial charge is 0.315 e. The van der Waals surface area contributed by atoms with Gasteiger partial charge in [-0.3, -0.25) is 19.8 Å². The Morgan fingerprint density at radius 3 is 2.18 bits per heavy atom. The number of ether oxygens (including phenoxy) is 2. The number of non-ortho nitro benzene ring substituents is 1. The van der Waals surface area contributed by atoms with Gasteiger partial charge in [-0.25, -0.2) is 0 Å². The molecule has 0 N–H and O–H groups in total. The highest BCUT2D eigenvalue weighted by Gasteiger charge is 2.69. The molecule has 7 nitrogen and oxygen atoms in total. The van der Waals surface area contributed by atoms with Crippen LogP contribution in [-0.4, -0.2) is 27.0 Å². The van der Waals surface area contributed by atoms with Crippen LogP contribution in [0.15, 0.2) is 84.9 Å². The smallest absolute Gasteiger partial charge is 0.309 e. The van der Waals surface area contributed by atoms with E-state index in [4.69, 9.17) is 9.47 Å². The summed E-state index contributed by atoms with van der Waals surface area (Å²) in [7, 11) is 0. The van der Waals surface area contributed by atoms with Gasteiger partial charge in [-0.15, -0.1) is 0 Å². The molecule has 7 rings (SSSR count). The van der Waals surface area contributed by atoms with Crippen LogP contribution in [0.5, 0.6) is 0 Å². The molecule has 4 aliphatic rings. The van der Waals surface area contributed by atoms with Crippen molar-refractivity contribution in [1.29, 1.82) is 0 Å². The van der Waals surface area contributed by atoms with E-state index in [-0.39, 0.29) is 29.0 Å². The topological polar surface area (TPSA) is 81.9 Å². The Bertz CT molecular complexity index is 1250. The summed E-state index contributed by atoms with van der Waals surface area (Å²) in [6.07, 6.45) is -1.02. The van der Waals surface area contributed by atoms with E-state index in [2.05, 4.69) is 0 Å². The number of nitro benzene ring substituents is 1. The van der Waals surface area contributed by atoms with Gasteiger partial charge >= 0.3 is 5.24 Å². The molecule has 0 saturated carbocycles. The minimum Gasteiger partial charge on any atom is -0.315 e. The standard InChI is InChI=1S/C26H22N2O5S/c1-16-22(17-9-4-2-5-10-17)32-26-27(16)25(29)21(24(34-26)18-11-6-3-7-12-18)23(33-26)19-13-8-14-20(15-19)28(30)31/h2-16,21-24H,1H3. The summed E-state index contributed by atoms with van der Waals surface area (Å²) in [4.78, 5) is 26.8. The molecule has 1 amide bonds. The molecule has 8 heteroatoms. The first-order valence-electron chi connectivity index (χ1n) is 11.2. The lowest BCUT2D eigenvalue weighted by atomic mass is 9.86. The number of nitrogens with zero attached hydrogens (tertiary/aromatic N) is 2. The van der Waals surface area contributed by atoms with E-state index in [0.29, 0.717) is 5.56 Å². The number of fused-ring (bicyclic) bond motifs is 2. The Balaban J connectivity index is 1.47. The number of hydrogen-bond donors (Lipinski definition) is 0. The Hall–Kier alpha value is -3.20. The number of hydrogen-bond acceptors (Lipinski definition) is 6. The molecular weight excluding hydrogens is 452 g/mol. The summed E-state index contributed by atoms with van der Waals surface area (Å²) < 4.78 is 13.2. The molecule has 1 spiro atoms. The minimum absolute atomic E-state index is 0.0314. The highest BCUT2D eigenvalue weighted by Crippen LogP contribution is 2.66. The summed E-state index contributed by atoms with van der Waals surface area (Å²) in [5.41, 5.74) is 2.55. The Morgan fingerprint density at radius 2 is 1.50 bits per heavy atom. The normalized spacial score (nSPS) is 32.0. The monoisotopic (exact) mass is 474 g/mol. The second kappa shape index (κ2) is 7.94. The number of nitro groups is 1. The van der Waals surface area contributed by atoms with Crippen LogP contribution in [0, 0.1) is 16.0 Å². The molecule has 2 bridgehead atoms. The van der Waals surface area contributed by atoms with Gasteiger partial charge in [0.05, 0.1) is 22.1 Å². The van der Waals surface area contributed by atoms with Crippen LogP contribution in [0.2, 0.25) is 0 Å². The number of carbonyl (C=O) groups excluding carboxylic acids is 1. The predicted octanol–water partition coefficient (Wildman–Crippen LogP) is 5.37. The van der Waals surface area contributed by atoms with Crippen molar-refractivity contribution in [1.82, 2.24) is 4.90 Å². The first kappa shape index (κ1) is 21.3. The third kappa shape index (κ3) is 3.17. The Labute approximate surface area is 200 Å². The lowest BCUT2D eigenvalue weighted by Crippen LogP contribution is -2.63. The van der Waals surface area contributed by atoms with E-state index in [0.717, 1.165) is 11.1 Å². The molecule has 3 aromatic rings. The highest BCUT2D eigenvalue weighted by molar-refractivity contribution is 8.00. The molecule has 34 heavy (non-hydrogen) atoms. The van der Waals surface area contributed by atoms with Gasteiger partial charge in [0.1, 0.15) is 12.2 Å². The molecule has 3 aromatic carbocycles. The predicted molar refractivity (Wildman–Crippen MR) is 126 cm³/mol. The van der Waals surface area contributed by atoms with E-state index >= 15 is 0 Å². The van der Waals surface area contributed by atoms with E-state index in [1.807, 2.05) is 67.6 Å². The van der Waals surface area contributed by atoms with Gasteiger partial charge in [-0.2, -0.15) is 0 Å². The number of carbonyl (C=O) groups is 1. The van der Waals surface area contributed by atoms with E-state index in [1.165, 1.54) is 23.9 Å². The van der Waals surface area contributed by atoms with Crippen LogP contribution in [0.3, 0.4) is 0 Å². The fourth-order valence-corrected chi connectivity index (χ4v) is 6.99. The molecular formula is C26H22N2O5S. The molecule has 6 atom stereocenters. The van der Waals surface area contributed by atoms with Crippen molar-refractivity contribution in [3.8, 4) is 0 Å². The Kier molecular flexibility index (Phi) is 4.98. The maximum absolute atomic E-state index is 14.1. The third-order valence-electron chi connectivity index (χ3n) is 6.81. The van der Waals surface area contributed by atoms with Crippen LogP contribution in [0.4, 0.5) is 5.69 Å². The number of benzene rings is 3. The van der Waals surface area contributed by atoms with Crippen LogP contribution in [0.25, 0.3) is 0 Å². The van der Waals surface area contributed by atoms with Gasteiger partial charge in [0.25, 0.3) is 5.69 Å². The molecule has 4 fully saturated rings. The highest BCUT2D eigenvalue weighted by atomic mass is 32.2. The average Bonchev–Trinajstić information content (AvgIpc) is 3.17. The zero-order valence-corrected chi connectivity index (χ0v) is 19.1. The lowest BCUT2D eigenvalue weighted by Gasteiger charge is -2.55. The maximum Gasteiger partial charge on any atom is 0.309 e. The van der Waals surface area contributed by atoms with Crippen LogP contribution >= 0.6 is 11.8 Å². The van der Waals surface area contributed by atoms with Gasteiger partial charge < -0.3 is 9.47 Å². The molecule has 4 saturated heterocycles. The van der Waals surface area contributed by atoms with Gasteiger partial charge in [0.15, 0.2) is 0 Å². The molecule has 0 radical (unpaired) electrons. The molecule has 4 heterocycles. The minimum atomic E-state index is -1.32. The van der Waals surface area contributed by atoms with Crippen molar-refractivity contribution in [2.24, 2.45) is 5.92 Å². The lowest BCUT2D eigenvalue weighted by molar-refractivity contribution is -0.385. The van der Waals surface area contributed by atoms with E-state index < -0.39 is 22.2 Å². The first-order valence-corrected chi connectivity index (χ1v) is 12.1. The zero-order chi connectivity index (χ0) is 23.4. The molecule has 0 aromatic heterocycles. The van der Waals surface area contributed by atoms with E-state index in [9.17, 15) is 14.9 Å². The van der Waals surface area contributed by atoms with Crippen molar-refractivity contribution >= 4 is 23.4 Å². The van der Waals surface area contributed by atoms with Crippen LogP contribution in [0.1, 0.15) is 41.1 Å². The summed E-state index contributed by atoms with van der Waals surface area (Å²) in [6, 6.07) is 25.8. The maximum atomic E-state index is 14.1. The Morgan fingerprint density at radius 1 is 0.882 bits per heavy atom. The SMILES string of the molecule is CC1C(c2ccccc2)OC23OC(c4cccc([N+](=O)[O-])c4)C(C(=O)N12)C(c1ccccc1)S3. The summed E-state index contributed by atoms with van der Waals surface area (Å²) >= 11 is 1.49. The number of rotatable bonds is 4. The van der Waals surface area contributed by atoms with Crippen molar-refractivity contribution in [2.45, 2.75) is 35.7 Å². The van der Waals surface area contributed by atoms with Crippen LogP contribution in [-0.2, 0) is 14.3 Å². The zero-order valence-electron chi connectivity index (χ0n) is 18.3. The summed E-state index contributed by atoms with van der Waals surface area (Å²) in [5, 5.41) is 9.90. The molecule has 6 unspecified atom stereocenters. The van der Waals surface area contributed by atoms with Crippen LogP contribution < -0.4 is 0 Å². The van der Waals surface area contributed by atoms with E-state index in [1.54, 1.807) is 17.0 Å². The fraction of sp³-hybridized carbons (Fsp3) is 0.269. The third-order valence-corrected chi connectivity index (χ3v) is 8.32. The average molecular weight is 475 g/mol. The number of amides is 1. The second-order valence-corrected chi connectivity index (χ2v) is 10.0. The molecule has 172 valence electrons. The van der Waals surface area contributed by atoms with Gasteiger partial charge in [-0.1, -0.05) is 84.6 Å². The number of thioether (sulfide) groups is 1. The molecule has 4 aliphatic heterocycles. The van der Waals surface area contributed by atoms with Crippen molar-refractivity contribution in [2.75, 3.05) is 0 Å². The molecule has 0 aliphatic carbocycles. The fourth-order valence-electron chi connectivity index (χ4n) is 5.28. The summed E-state index contributed by atoms with van der Waals surface area (Å²) in [5.74, 6) is -0.599. The van der Waals surface area contributed by atoms with Gasteiger partial charge in [0, 0.05) is 12.1 Å². The van der Waals surface area contributed by atoms with Crippen molar-refractivity contribution in [3.63, 3.8) is 0 Å². The quantitative estimate of drug-likeness (QED) is 0.374. The van der Waals surface area contributed by atoms with Crippen molar-refractivity contribution in [3.05, 3.63) is 112 Å². The van der Waals surface area contributed by atoms with Gasteiger partial charge in [-0.05, 0) is 23.6 Å².